The van der Waals surface area contributed by atoms with Crippen molar-refractivity contribution in [3.63, 3.8) is 0 Å². The van der Waals surface area contributed by atoms with E-state index in [-0.39, 0.29) is 18.6 Å². The lowest BCUT2D eigenvalue weighted by Gasteiger charge is -2.21. The quantitative estimate of drug-likeness (QED) is 0.796. The Morgan fingerprint density at radius 2 is 2.11 bits per heavy atom. The smallest absolute Gasteiger partial charge is 0.189 e. The van der Waals surface area contributed by atoms with Gasteiger partial charge in [-0.2, -0.15) is 0 Å². The zero-order valence-corrected chi connectivity index (χ0v) is 11.3. The highest BCUT2D eigenvalue weighted by molar-refractivity contribution is 6.32. The molecule has 0 saturated heterocycles. The van der Waals surface area contributed by atoms with Gasteiger partial charge in [-0.25, -0.2) is 0 Å². The molecule has 2 aliphatic rings. The van der Waals surface area contributed by atoms with Gasteiger partial charge < -0.3 is 14.6 Å². The van der Waals surface area contributed by atoms with Crippen molar-refractivity contribution >= 4 is 35.0 Å². The topological polar surface area (TPSA) is 38.7 Å². The van der Waals surface area contributed by atoms with Crippen molar-refractivity contribution < 1.29 is 14.6 Å². The number of ether oxygens (including phenoxy) is 2. The normalized spacial score (nSPS) is 21.3. The summed E-state index contributed by atoms with van der Waals surface area (Å²) in [5.41, 5.74) is 0.788. The van der Waals surface area contributed by atoms with Crippen molar-refractivity contribution in [2.45, 2.75) is 6.10 Å². The molecule has 0 radical (unpaired) electrons. The molecule has 1 aromatic carbocycles. The molecular formula is C14H10Cl2O3. The van der Waals surface area contributed by atoms with Crippen LogP contribution in [-0.2, 0) is 9.47 Å². The summed E-state index contributed by atoms with van der Waals surface area (Å²) in [6.45, 7) is 0.122. The minimum Gasteiger partial charge on any atom is -0.507 e. The number of hydrogen-bond acceptors (Lipinski definition) is 3. The Kier molecular flexibility index (Phi) is 3.27. The van der Waals surface area contributed by atoms with E-state index < -0.39 is 0 Å². The molecule has 3 rings (SSSR count). The first kappa shape index (κ1) is 12.6. The highest BCUT2D eigenvalue weighted by atomic mass is 35.5. The van der Waals surface area contributed by atoms with E-state index in [0.29, 0.717) is 20.5 Å². The Balaban J connectivity index is 2.42. The van der Waals surface area contributed by atoms with Crippen LogP contribution in [0.1, 0.15) is 0 Å². The molecule has 5 heteroatoms. The Hall–Kier alpha value is -1.42. The summed E-state index contributed by atoms with van der Waals surface area (Å²) in [4.78, 5) is 0. The number of phenolic OH excluding ortho intramolecular Hbond substituents is 1. The van der Waals surface area contributed by atoms with Crippen LogP contribution in [0.2, 0.25) is 5.02 Å². The van der Waals surface area contributed by atoms with Crippen LogP contribution in [0.4, 0.5) is 0 Å². The number of rotatable bonds is 0. The molecule has 0 fully saturated rings. The largest absolute Gasteiger partial charge is 0.507 e. The van der Waals surface area contributed by atoms with Crippen molar-refractivity contribution in [2.24, 2.45) is 0 Å². The van der Waals surface area contributed by atoms with Crippen molar-refractivity contribution in [3.05, 3.63) is 50.9 Å². The molecule has 1 atom stereocenters. The van der Waals surface area contributed by atoms with Gasteiger partial charge in [0.15, 0.2) is 6.79 Å². The van der Waals surface area contributed by atoms with Crippen LogP contribution in [0.25, 0.3) is 11.8 Å². The van der Waals surface area contributed by atoms with E-state index in [1.54, 1.807) is 18.2 Å². The van der Waals surface area contributed by atoms with Gasteiger partial charge in [0.2, 0.25) is 0 Å². The minimum atomic E-state index is -0.304. The first-order chi connectivity index (χ1) is 9.15. The van der Waals surface area contributed by atoms with E-state index in [4.69, 9.17) is 32.7 Å². The maximum absolute atomic E-state index is 10.1. The fourth-order valence-electron chi connectivity index (χ4n) is 2.18. The summed E-state index contributed by atoms with van der Waals surface area (Å²) in [5, 5.41) is 12.5. The van der Waals surface area contributed by atoms with E-state index in [9.17, 15) is 5.11 Å². The fraction of sp³-hybridized carbons (Fsp3) is 0.143. The SMILES string of the molecule is Oc1cc(Cl)cc2c1=C1C=C(Cl)C=CC1OCOC=2. The van der Waals surface area contributed by atoms with Crippen molar-refractivity contribution in [1.29, 1.82) is 0 Å². The van der Waals surface area contributed by atoms with Crippen LogP contribution in [0.3, 0.4) is 0 Å². The highest BCUT2D eigenvalue weighted by Gasteiger charge is 2.18. The maximum Gasteiger partial charge on any atom is 0.189 e. The summed E-state index contributed by atoms with van der Waals surface area (Å²) >= 11 is 12.0. The first-order valence-electron chi connectivity index (χ1n) is 5.67. The Labute approximate surface area is 119 Å². The summed E-state index contributed by atoms with van der Waals surface area (Å²) in [6, 6.07) is 3.21. The van der Waals surface area contributed by atoms with E-state index in [2.05, 4.69) is 0 Å². The van der Waals surface area contributed by atoms with E-state index in [1.165, 1.54) is 12.3 Å². The second-order valence-corrected chi connectivity index (χ2v) is 5.10. The lowest BCUT2D eigenvalue weighted by molar-refractivity contribution is -0.00676. The maximum atomic E-state index is 10.1. The second kappa shape index (κ2) is 4.93. The van der Waals surface area contributed by atoms with Gasteiger partial charge in [0.25, 0.3) is 0 Å². The summed E-state index contributed by atoms with van der Waals surface area (Å²) in [6.07, 6.45) is 6.57. The third kappa shape index (κ3) is 2.37. The van der Waals surface area contributed by atoms with E-state index in [0.717, 1.165) is 5.57 Å². The molecule has 1 N–H and O–H groups in total. The van der Waals surface area contributed by atoms with Gasteiger partial charge in [-0.3, -0.25) is 0 Å². The number of hydrogen-bond donors (Lipinski definition) is 1. The van der Waals surface area contributed by atoms with Crippen LogP contribution < -0.4 is 10.4 Å². The van der Waals surface area contributed by atoms with Crippen LogP contribution in [0.15, 0.2) is 35.4 Å². The van der Waals surface area contributed by atoms with Crippen LogP contribution in [0.5, 0.6) is 5.75 Å². The van der Waals surface area contributed by atoms with E-state index >= 15 is 0 Å². The molecule has 0 saturated carbocycles. The third-order valence-electron chi connectivity index (χ3n) is 2.96. The standard InChI is InChI=1S/C14H10Cl2O3/c15-9-1-2-13-11(4-9)14-8(6-18-7-19-13)3-10(16)5-12(14)17/h1-6,13,17H,7H2. The molecular weight excluding hydrogens is 287 g/mol. The molecule has 0 bridgehead atoms. The molecule has 0 aromatic heterocycles. The molecule has 3 nitrogen and oxygen atoms in total. The van der Waals surface area contributed by atoms with Crippen LogP contribution in [0, 0.1) is 0 Å². The van der Waals surface area contributed by atoms with Gasteiger partial charge in [-0.05, 0) is 35.9 Å². The average molecular weight is 297 g/mol. The molecule has 98 valence electrons. The summed E-state index contributed by atoms with van der Waals surface area (Å²) < 4.78 is 10.8. The Bertz CT molecular complexity index is 704. The van der Waals surface area contributed by atoms with Crippen LogP contribution >= 0.6 is 23.2 Å². The summed E-state index contributed by atoms with van der Waals surface area (Å²) in [5.74, 6) is 0.0730. The molecule has 1 unspecified atom stereocenters. The Morgan fingerprint density at radius 3 is 2.95 bits per heavy atom. The van der Waals surface area contributed by atoms with Gasteiger partial charge in [0, 0.05) is 20.5 Å². The lowest BCUT2D eigenvalue weighted by Crippen LogP contribution is -2.34. The predicted octanol–water partition coefficient (Wildman–Crippen LogP) is 2.00. The second-order valence-electron chi connectivity index (χ2n) is 4.22. The van der Waals surface area contributed by atoms with Crippen molar-refractivity contribution in [3.8, 4) is 5.75 Å². The molecule has 1 aliphatic carbocycles. The van der Waals surface area contributed by atoms with Gasteiger partial charge in [0.1, 0.15) is 11.9 Å². The average Bonchev–Trinajstić information content (AvgIpc) is 2.33. The van der Waals surface area contributed by atoms with Gasteiger partial charge >= 0.3 is 0 Å². The van der Waals surface area contributed by atoms with Crippen LogP contribution in [-0.4, -0.2) is 18.0 Å². The number of benzene rings is 1. The van der Waals surface area contributed by atoms with Crippen molar-refractivity contribution in [1.82, 2.24) is 0 Å². The predicted molar refractivity (Wildman–Crippen MR) is 74.1 cm³/mol. The molecule has 1 aliphatic heterocycles. The van der Waals surface area contributed by atoms with E-state index in [1.807, 2.05) is 6.08 Å². The first-order valence-corrected chi connectivity index (χ1v) is 6.42. The number of aromatic hydroxyl groups is 1. The van der Waals surface area contributed by atoms with Gasteiger partial charge in [-0.1, -0.05) is 23.2 Å². The molecule has 0 spiro atoms. The lowest BCUT2D eigenvalue weighted by atomic mass is 9.99. The third-order valence-corrected chi connectivity index (χ3v) is 3.41. The van der Waals surface area contributed by atoms with Crippen molar-refractivity contribution in [2.75, 3.05) is 6.79 Å². The number of phenols is 1. The number of allylic oxidation sites excluding steroid dienone is 2. The molecule has 0 amide bonds. The number of fused-ring (bicyclic) bond motifs is 2. The van der Waals surface area contributed by atoms with Gasteiger partial charge in [-0.15, -0.1) is 0 Å². The zero-order chi connectivity index (χ0) is 13.4. The Morgan fingerprint density at radius 1 is 1.26 bits per heavy atom. The number of halogens is 2. The molecule has 1 aromatic rings. The zero-order valence-electron chi connectivity index (χ0n) is 9.77. The monoisotopic (exact) mass is 296 g/mol. The molecule has 1 heterocycles. The highest BCUT2D eigenvalue weighted by Crippen LogP contribution is 2.23. The fourth-order valence-corrected chi connectivity index (χ4v) is 2.59. The minimum absolute atomic E-state index is 0.0730. The summed E-state index contributed by atoms with van der Waals surface area (Å²) in [7, 11) is 0. The van der Waals surface area contributed by atoms with Gasteiger partial charge in [0.05, 0.1) is 6.26 Å². The molecule has 19 heavy (non-hydrogen) atoms.